The van der Waals surface area contributed by atoms with Crippen molar-refractivity contribution in [2.24, 2.45) is 5.92 Å². The maximum atomic E-state index is 14.1. The van der Waals surface area contributed by atoms with Crippen LogP contribution in [0.5, 0.6) is 0 Å². The molecule has 5 rings (SSSR count). The number of nitrogens with zero attached hydrogens (tertiary/aromatic N) is 4. The van der Waals surface area contributed by atoms with E-state index >= 15 is 0 Å². The van der Waals surface area contributed by atoms with E-state index in [0.29, 0.717) is 25.9 Å². The van der Waals surface area contributed by atoms with Gasteiger partial charge in [-0.15, -0.1) is 11.3 Å². The van der Waals surface area contributed by atoms with Gasteiger partial charge in [-0.25, -0.2) is 13.4 Å². The molecule has 3 atom stereocenters. The first-order valence-electron chi connectivity index (χ1n) is 11.5. The Hall–Kier alpha value is -2.62. The van der Waals surface area contributed by atoms with Crippen molar-refractivity contribution >= 4 is 37.5 Å². The fourth-order valence-electron chi connectivity index (χ4n) is 5.24. The zero-order chi connectivity index (χ0) is 24.0. The lowest BCUT2D eigenvalue weighted by molar-refractivity contribution is -0.135. The van der Waals surface area contributed by atoms with E-state index in [2.05, 4.69) is 16.5 Å². The van der Waals surface area contributed by atoms with E-state index in [1.807, 2.05) is 32.0 Å². The summed E-state index contributed by atoms with van der Waals surface area (Å²) in [6, 6.07) is 9.66. The number of benzene rings is 1. The molecule has 7 nitrogen and oxygen atoms in total. The van der Waals surface area contributed by atoms with Gasteiger partial charge in [-0.05, 0) is 63.4 Å². The number of sulfonamides is 1. The van der Waals surface area contributed by atoms with Crippen LogP contribution in [0.15, 0.2) is 59.6 Å². The third kappa shape index (κ3) is 4.06. The summed E-state index contributed by atoms with van der Waals surface area (Å²) in [5.74, 6) is -0.306. The standard InChI is InChI=1S/C25H28N4O3S2/c1-16(2)20-15-28(14-18-7-4-5-12-26-18)25(30)23-9-6-8-22(20)29(23)34(31,32)19-10-11-21-24(13-19)33-17(3)27-21/h4-5,7,10-13,20,22-23H,1,6,8-9,14-15H2,2-3H3. The SMILES string of the molecule is C=C(C)C1CN(Cc2ccccn2)C(=O)C2CCCC1N2S(=O)(=O)c1ccc2nc(C)sc2c1. The Morgan fingerprint density at radius 3 is 2.79 bits per heavy atom. The molecule has 1 amide bonds. The molecule has 0 radical (unpaired) electrons. The number of piperidine rings is 1. The first kappa shape index (κ1) is 23.1. The molecule has 2 bridgehead atoms. The van der Waals surface area contributed by atoms with Gasteiger partial charge in [0.2, 0.25) is 15.9 Å². The highest BCUT2D eigenvalue weighted by atomic mass is 32.2. The van der Waals surface area contributed by atoms with Crippen molar-refractivity contribution in [2.45, 2.75) is 56.6 Å². The van der Waals surface area contributed by atoms with Crippen molar-refractivity contribution in [1.29, 1.82) is 0 Å². The van der Waals surface area contributed by atoms with Gasteiger partial charge < -0.3 is 4.90 Å². The number of aromatic nitrogens is 2. The third-order valence-corrected chi connectivity index (χ3v) is 9.71. The van der Waals surface area contributed by atoms with Crippen LogP contribution in [0.4, 0.5) is 0 Å². The highest BCUT2D eigenvalue weighted by molar-refractivity contribution is 7.89. The second-order valence-electron chi connectivity index (χ2n) is 9.20. The Morgan fingerprint density at radius 2 is 2.06 bits per heavy atom. The van der Waals surface area contributed by atoms with Crippen LogP contribution in [0.3, 0.4) is 0 Å². The molecule has 34 heavy (non-hydrogen) atoms. The number of carbonyl (C=O) groups is 1. The quantitative estimate of drug-likeness (QED) is 0.496. The summed E-state index contributed by atoms with van der Waals surface area (Å²) >= 11 is 1.47. The smallest absolute Gasteiger partial charge is 0.244 e. The van der Waals surface area contributed by atoms with Crippen molar-refractivity contribution in [3.63, 3.8) is 0 Å². The van der Waals surface area contributed by atoms with Gasteiger partial charge in [0.25, 0.3) is 0 Å². The molecule has 1 aromatic carbocycles. The van der Waals surface area contributed by atoms with Crippen molar-refractivity contribution in [3.05, 3.63) is 65.4 Å². The molecule has 4 heterocycles. The summed E-state index contributed by atoms with van der Waals surface area (Å²) in [4.78, 5) is 24.6. The van der Waals surface area contributed by atoms with Gasteiger partial charge in [0.15, 0.2) is 0 Å². The van der Waals surface area contributed by atoms with Crippen LogP contribution in [0, 0.1) is 12.8 Å². The molecular formula is C25H28N4O3S2. The lowest BCUT2D eigenvalue weighted by atomic mass is 9.86. The Morgan fingerprint density at radius 1 is 1.24 bits per heavy atom. The molecule has 3 unspecified atom stereocenters. The summed E-state index contributed by atoms with van der Waals surface area (Å²) in [6.45, 7) is 8.81. The fraction of sp³-hybridized carbons (Fsp3) is 0.400. The summed E-state index contributed by atoms with van der Waals surface area (Å²) in [5, 5.41) is 0.888. The number of thiazole rings is 1. The summed E-state index contributed by atoms with van der Waals surface area (Å²) in [5.41, 5.74) is 2.46. The summed E-state index contributed by atoms with van der Waals surface area (Å²) in [6.07, 6.45) is 3.74. The van der Waals surface area contributed by atoms with E-state index in [1.54, 1.807) is 29.3 Å². The van der Waals surface area contributed by atoms with Crippen LogP contribution in [0.25, 0.3) is 10.2 Å². The Kier molecular flexibility index (Phi) is 6.03. The predicted molar refractivity (Wildman–Crippen MR) is 133 cm³/mol. The van der Waals surface area contributed by atoms with E-state index in [0.717, 1.165) is 32.9 Å². The van der Waals surface area contributed by atoms with E-state index in [-0.39, 0.29) is 22.8 Å². The van der Waals surface area contributed by atoms with E-state index in [4.69, 9.17) is 0 Å². The fourth-order valence-corrected chi connectivity index (χ4v) is 8.07. The van der Waals surface area contributed by atoms with E-state index in [9.17, 15) is 13.2 Å². The van der Waals surface area contributed by atoms with Crippen LogP contribution >= 0.6 is 11.3 Å². The number of carbonyl (C=O) groups excluding carboxylic acids is 1. The highest BCUT2D eigenvalue weighted by Crippen LogP contribution is 2.40. The molecule has 3 aromatic rings. The molecule has 2 aliphatic heterocycles. The second kappa shape index (κ2) is 8.87. The Bertz CT molecular complexity index is 1350. The number of amides is 1. The molecule has 2 aliphatic rings. The number of rotatable bonds is 5. The molecular weight excluding hydrogens is 468 g/mol. The minimum Gasteiger partial charge on any atom is -0.335 e. The van der Waals surface area contributed by atoms with Gasteiger partial charge in [-0.2, -0.15) is 4.31 Å². The maximum Gasteiger partial charge on any atom is 0.244 e. The van der Waals surface area contributed by atoms with Gasteiger partial charge >= 0.3 is 0 Å². The molecule has 2 saturated heterocycles. The topological polar surface area (TPSA) is 83.5 Å². The van der Waals surface area contributed by atoms with Crippen molar-refractivity contribution in [3.8, 4) is 0 Å². The third-order valence-electron chi connectivity index (χ3n) is 6.84. The zero-order valence-corrected chi connectivity index (χ0v) is 21.0. The molecule has 178 valence electrons. The lowest BCUT2D eigenvalue weighted by Gasteiger charge is -2.40. The van der Waals surface area contributed by atoms with Crippen molar-refractivity contribution in [1.82, 2.24) is 19.2 Å². The van der Waals surface area contributed by atoms with Gasteiger partial charge in [0.05, 0.1) is 32.4 Å². The minimum absolute atomic E-state index is 0.151. The molecule has 0 aliphatic carbocycles. The van der Waals surface area contributed by atoms with Crippen LogP contribution < -0.4 is 0 Å². The summed E-state index contributed by atoms with van der Waals surface area (Å²) in [7, 11) is -3.91. The average molecular weight is 497 g/mol. The molecule has 2 fully saturated rings. The highest BCUT2D eigenvalue weighted by Gasteiger charge is 2.50. The molecule has 0 saturated carbocycles. The number of hydrogen-bond acceptors (Lipinski definition) is 6. The largest absolute Gasteiger partial charge is 0.335 e. The Labute approximate surface area is 204 Å². The number of fused-ring (bicyclic) bond motifs is 3. The molecule has 0 N–H and O–H groups in total. The number of hydrogen-bond donors (Lipinski definition) is 0. The van der Waals surface area contributed by atoms with E-state index in [1.165, 1.54) is 15.6 Å². The first-order chi connectivity index (χ1) is 16.3. The van der Waals surface area contributed by atoms with Crippen molar-refractivity contribution < 1.29 is 13.2 Å². The molecule has 2 aromatic heterocycles. The maximum absolute atomic E-state index is 14.1. The summed E-state index contributed by atoms with van der Waals surface area (Å²) < 4.78 is 30.5. The van der Waals surface area contributed by atoms with Gasteiger partial charge in [-0.3, -0.25) is 9.78 Å². The van der Waals surface area contributed by atoms with Gasteiger partial charge in [0.1, 0.15) is 6.04 Å². The molecule has 9 heteroatoms. The van der Waals surface area contributed by atoms with Gasteiger partial charge in [-0.1, -0.05) is 18.2 Å². The normalized spacial score (nSPS) is 23.8. The van der Waals surface area contributed by atoms with Crippen LogP contribution in [-0.4, -0.2) is 52.1 Å². The number of aryl methyl sites for hydroxylation is 1. The van der Waals surface area contributed by atoms with Gasteiger partial charge in [0, 0.05) is 24.7 Å². The first-order valence-corrected chi connectivity index (χ1v) is 13.8. The van der Waals surface area contributed by atoms with Crippen molar-refractivity contribution in [2.75, 3.05) is 6.54 Å². The minimum atomic E-state index is -3.91. The van der Waals surface area contributed by atoms with Crippen LogP contribution in [0.2, 0.25) is 0 Å². The number of pyridine rings is 1. The lowest BCUT2D eigenvalue weighted by Crippen LogP contribution is -2.54. The van der Waals surface area contributed by atoms with Crippen LogP contribution in [-0.2, 0) is 21.4 Å². The van der Waals surface area contributed by atoms with E-state index < -0.39 is 16.1 Å². The zero-order valence-electron chi connectivity index (χ0n) is 19.3. The predicted octanol–water partition coefficient (Wildman–Crippen LogP) is 4.15. The monoisotopic (exact) mass is 496 g/mol. The molecule has 0 spiro atoms. The average Bonchev–Trinajstić information content (AvgIpc) is 3.17. The Balaban J connectivity index is 1.58. The van der Waals surface area contributed by atoms with Crippen LogP contribution in [0.1, 0.15) is 36.9 Å². The second-order valence-corrected chi connectivity index (χ2v) is 12.3.